The Balaban J connectivity index is 0.000000532. The van der Waals surface area contributed by atoms with Crippen LogP contribution in [-0.4, -0.2) is 47.9 Å². The lowest BCUT2D eigenvalue weighted by Crippen LogP contribution is -2.27. The van der Waals surface area contributed by atoms with E-state index < -0.39 is 23.9 Å². The fraction of sp³-hybridized carbons (Fsp3) is 0.250. The van der Waals surface area contributed by atoms with E-state index in [-0.39, 0.29) is 18.7 Å². The maximum Gasteiger partial charge on any atom is 0.490 e. The quantitative estimate of drug-likeness (QED) is 0.302. The molecule has 0 saturated heterocycles. The molecule has 0 aliphatic carbocycles. The molecule has 39 heavy (non-hydrogen) atoms. The Kier molecular flexibility index (Phi) is 9.53. The number of carboxylic acid groups (broad SMARTS) is 1. The lowest BCUT2D eigenvalue weighted by Gasteiger charge is -2.03. The molecule has 0 spiro atoms. The number of hydrogen-bond acceptors (Lipinski definition) is 6. The molecule has 3 aromatic heterocycles. The second-order valence-electron chi connectivity index (χ2n) is 8.04. The number of thiophene rings is 1. The van der Waals surface area contributed by atoms with Gasteiger partial charge in [0.05, 0.1) is 19.3 Å². The first-order valence-corrected chi connectivity index (χ1v) is 12.2. The molecule has 208 valence electrons. The van der Waals surface area contributed by atoms with Gasteiger partial charge in [-0.1, -0.05) is 18.2 Å². The summed E-state index contributed by atoms with van der Waals surface area (Å²) < 4.78 is 61.7. The first-order valence-electron chi connectivity index (χ1n) is 11.3. The Bertz CT molecular complexity index is 1510. The first-order chi connectivity index (χ1) is 18.4. The molecule has 0 atom stereocenters. The van der Waals surface area contributed by atoms with Crippen molar-refractivity contribution in [3.8, 4) is 22.3 Å². The highest BCUT2D eigenvalue weighted by molar-refractivity contribution is 7.10. The number of aryl methyl sites for hydroxylation is 1. The number of halogens is 5. The van der Waals surface area contributed by atoms with Gasteiger partial charge in [0, 0.05) is 35.3 Å². The van der Waals surface area contributed by atoms with Crippen LogP contribution in [-0.2, 0) is 24.4 Å². The van der Waals surface area contributed by atoms with Gasteiger partial charge in [-0.3, -0.25) is 9.25 Å². The van der Waals surface area contributed by atoms with Crippen LogP contribution >= 0.6 is 11.3 Å². The van der Waals surface area contributed by atoms with Gasteiger partial charge in [0.2, 0.25) is 0 Å². The van der Waals surface area contributed by atoms with Crippen molar-refractivity contribution in [1.82, 2.24) is 24.1 Å². The molecule has 1 aromatic carbocycles. The van der Waals surface area contributed by atoms with Crippen LogP contribution < -0.4 is 11.4 Å². The highest BCUT2D eigenvalue weighted by Crippen LogP contribution is 2.29. The van der Waals surface area contributed by atoms with Crippen LogP contribution in [0.5, 0.6) is 0 Å². The van der Waals surface area contributed by atoms with E-state index in [1.54, 1.807) is 0 Å². The van der Waals surface area contributed by atoms with Crippen LogP contribution in [0.4, 0.5) is 22.0 Å². The molecule has 0 amide bonds. The topological polar surface area (TPSA) is 121 Å². The fourth-order valence-corrected chi connectivity index (χ4v) is 4.21. The number of carboxylic acids is 1. The summed E-state index contributed by atoms with van der Waals surface area (Å²) in [6.07, 6.45) is -1.73. The van der Waals surface area contributed by atoms with Crippen LogP contribution in [0.3, 0.4) is 0 Å². The zero-order chi connectivity index (χ0) is 28.7. The second-order valence-corrected chi connectivity index (χ2v) is 9.03. The second kappa shape index (κ2) is 12.6. The number of nitrogens with two attached hydrogens (primary N) is 1. The maximum atomic E-state index is 12.8. The van der Waals surface area contributed by atoms with Gasteiger partial charge in [0.25, 0.3) is 6.08 Å². The van der Waals surface area contributed by atoms with E-state index in [0.29, 0.717) is 6.54 Å². The smallest absolute Gasteiger partial charge is 0.475 e. The number of benzene rings is 1. The zero-order valence-electron chi connectivity index (χ0n) is 20.4. The van der Waals surface area contributed by atoms with Crippen molar-refractivity contribution in [1.29, 1.82) is 0 Å². The summed E-state index contributed by atoms with van der Waals surface area (Å²) in [7, 11) is 0. The molecule has 15 heteroatoms. The van der Waals surface area contributed by atoms with E-state index in [2.05, 4.69) is 16.3 Å². The minimum atomic E-state index is -5.08. The van der Waals surface area contributed by atoms with Gasteiger partial charge < -0.3 is 10.8 Å². The van der Waals surface area contributed by atoms with E-state index in [1.807, 2.05) is 53.6 Å². The molecule has 4 rings (SSSR count). The third-order valence-electron chi connectivity index (χ3n) is 5.36. The summed E-state index contributed by atoms with van der Waals surface area (Å²) in [5.41, 5.74) is 8.81. The summed E-state index contributed by atoms with van der Waals surface area (Å²) in [6, 6.07) is 10.2. The molecule has 0 radical (unpaired) electrons. The van der Waals surface area contributed by atoms with Gasteiger partial charge in [0.15, 0.2) is 0 Å². The highest BCUT2D eigenvalue weighted by Gasteiger charge is 2.38. The minimum absolute atomic E-state index is 0.305. The Labute approximate surface area is 222 Å². The zero-order valence-corrected chi connectivity index (χ0v) is 21.2. The van der Waals surface area contributed by atoms with Crippen molar-refractivity contribution in [2.75, 3.05) is 6.54 Å². The van der Waals surface area contributed by atoms with Gasteiger partial charge in [-0.05, 0) is 41.1 Å². The van der Waals surface area contributed by atoms with E-state index in [0.717, 1.165) is 38.4 Å². The lowest BCUT2D eigenvalue weighted by molar-refractivity contribution is -0.192. The third kappa shape index (κ3) is 7.70. The first kappa shape index (κ1) is 29.4. The molecule has 0 aliphatic heterocycles. The standard InChI is InChI=1S/C22H22F2N6OS.C2HF3O2/c1-2-29-10-19(9-26-29)16-5-3-4-15(6-16)17-7-20(32-13-17)12-28-14-27-30(22(28)31)11-18(8-25)21(23)24;3-2(4,5)1(6)7/h3-7,9-10,13-14H,2,8,11-12,25H2,1H3;(H,6,7). The molecular formula is C24H23F5N6O3S. The van der Waals surface area contributed by atoms with Crippen LogP contribution in [0.25, 0.3) is 22.3 Å². The summed E-state index contributed by atoms with van der Waals surface area (Å²) >= 11 is 1.53. The highest BCUT2D eigenvalue weighted by atomic mass is 32.1. The number of carbonyl (C=O) groups is 1. The fourth-order valence-electron chi connectivity index (χ4n) is 3.32. The number of alkyl halides is 3. The third-order valence-corrected chi connectivity index (χ3v) is 6.28. The van der Waals surface area contributed by atoms with Crippen molar-refractivity contribution >= 4 is 17.3 Å². The van der Waals surface area contributed by atoms with Gasteiger partial charge in [-0.2, -0.15) is 32.1 Å². The van der Waals surface area contributed by atoms with E-state index in [1.165, 1.54) is 22.2 Å². The average molecular weight is 571 g/mol. The summed E-state index contributed by atoms with van der Waals surface area (Å²) in [5, 5.41) is 17.4. The van der Waals surface area contributed by atoms with E-state index >= 15 is 0 Å². The predicted octanol–water partition coefficient (Wildman–Crippen LogP) is 4.45. The number of nitrogens with zero attached hydrogens (tertiary/aromatic N) is 5. The van der Waals surface area contributed by atoms with Crippen LogP contribution in [0.2, 0.25) is 0 Å². The van der Waals surface area contributed by atoms with Crippen molar-refractivity contribution < 1.29 is 31.9 Å². The molecule has 3 heterocycles. The monoisotopic (exact) mass is 570 g/mol. The Morgan fingerprint density at radius 2 is 1.77 bits per heavy atom. The summed E-state index contributed by atoms with van der Waals surface area (Å²) in [6.45, 7) is 2.53. The number of hydrogen-bond donors (Lipinski definition) is 2. The number of rotatable bonds is 8. The average Bonchev–Trinajstić information content (AvgIpc) is 3.64. The lowest BCUT2D eigenvalue weighted by atomic mass is 10.0. The number of aromatic nitrogens is 5. The normalized spacial score (nSPS) is 11.2. The SMILES string of the molecule is CCn1cc(-c2cccc(-c3csc(Cn4cnn(CC(CN)=C(F)F)c4=O)c3)c2)cn1.O=C(O)C(F)(F)F. The molecule has 0 unspecified atom stereocenters. The van der Waals surface area contributed by atoms with E-state index in [4.69, 9.17) is 15.6 Å². The predicted molar refractivity (Wildman–Crippen MR) is 134 cm³/mol. The van der Waals surface area contributed by atoms with Crippen molar-refractivity contribution in [3.63, 3.8) is 0 Å². The van der Waals surface area contributed by atoms with E-state index in [9.17, 15) is 26.7 Å². The minimum Gasteiger partial charge on any atom is -0.475 e. The summed E-state index contributed by atoms with van der Waals surface area (Å²) in [5.74, 6) is -2.76. The van der Waals surface area contributed by atoms with Crippen LogP contribution in [0, 0.1) is 0 Å². The van der Waals surface area contributed by atoms with Gasteiger partial charge in [0.1, 0.15) is 6.33 Å². The van der Waals surface area contributed by atoms with Crippen LogP contribution in [0.1, 0.15) is 11.8 Å². The molecular weight excluding hydrogens is 547 g/mol. The molecule has 3 N–H and O–H groups in total. The van der Waals surface area contributed by atoms with Crippen LogP contribution in [0.15, 0.2) is 70.9 Å². The van der Waals surface area contributed by atoms with Crippen molar-refractivity contribution in [2.24, 2.45) is 5.73 Å². The summed E-state index contributed by atoms with van der Waals surface area (Å²) in [4.78, 5) is 22.4. The number of aliphatic carboxylic acids is 1. The molecule has 0 saturated carbocycles. The molecule has 0 bridgehead atoms. The molecule has 0 aliphatic rings. The molecule has 4 aromatic rings. The Hall–Kier alpha value is -4.11. The molecule has 9 nitrogen and oxygen atoms in total. The van der Waals surface area contributed by atoms with Crippen molar-refractivity contribution in [2.45, 2.75) is 32.7 Å². The van der Waals surface area contributed by atoms with Gasteiger partial charge >= 0.3 is 17.8 Å². The van der Waals surface area contributed by atoms with Gasteiger partial charge in [-0.15, -0.1) is 11.3 Å². The Morgan fingerprint density at radius 3 is 2.33 bits per heavy atom. The Morgan fingerprint density at radius 1 is 1.10 bits per heavy atom. The largest absolute Gasteiger partial charge is 0.490 e. The van der Waals surface area contributed by atoms with Crippen molar-refractivity contribution in [3.05, 3.63) is 81.4 Å². The molecule has 0 fully saturated rings. The maximum absolute atomic E-state index is 12.8. The van der Waals surface area contributed by atoms with Gasteiger partial charge in [-0.25, -0.2) is 14.3 Å².